The maximum atomic E-state index is 11.9. The first-order valence-electron chi connectivity index (χ1n) is 7.20. The Morgan fingerprint density at radius 2 is 1.90 bits per heavy atom. The molecule has 0 heterocycles. The third kappa shape index (κ3) is 5.00. The van der Waals surface area contributed by atoms with E-state index in [1.807, 2.05) is 20.8 Å². The van der Waals surface area contributed by atoms with Crippen molar-refractivity contribution in [3.05, 3.63) is 0 Å². The number of alkyl carbamates (subject to hydrolysis) is 1. The number of carbonyl (C=O) groups excluding carboxylic acids is 2. The highest BCUT2D eigenvalue weighted by Crippen LogP contribution is 2.23. The lowest BCUT2D eigenvalue weighted by molar-refractivity contribution is -0.131. The minimum absolute atomic E-state index is 0.00711. The number of nitrogens with one attached hydrogen (secondary N) is 1. The van der Waals surface area contributed by atoms with Crippen LogP contribution in [0.15, 0.2) is 0 Å². The van der Waals surface area contributed by atoms with Crippen LogP contribution in [0.3, 0.4) is 0 Å². The van der Waals surface area contributed by atoms with Gasteiger partial charge in [0.1, 0.15) is 5.60 Å². The fourth-order valence-electron chi connectivity index (χ4n) is 2.53. The van der Waals surface area contributed by atoms with E-state index in [1.54, 1.807) is 11.9 Å². The average Bonchev–Trinajstić information content (AvgIpc) is 2.35. The predicted molar refractivity (Wildman–Crippen MR) is 77.2 cm³/mol. The molecule has 0 bridgehead atoms. The Balaban J connectivity index is 2.65. The summed E-state index contributed by atoms with van der Waals surface area (Å²) in [5.74, 6) is -0.104. The van der Waals surface area contributed by atoms with Crippen LogP contribution in [0.4, 0.5) is 4.79 Å². The second kappa shape index (κ2) is 6.92. The molecule has 116 valence electrons. The molecule has 2 amide bonds. The molecule has 6 nitrogen and oxygen atoms in total. The van der Waals surface area contributed by atoms with E-state index in [1.165, 1.54) is 0 Å². The number of ether oxygens (including phenoxy) is 1. The van der Waals surface area contributed by atoms with Gasteiger partial charge in [-0.3, -0.25) is 4.79 Å². The number of nitrogens with two attached hydrogens (primary N) is 1. The van der Waals surface area contributed by atoms with Gasteiger partial charge < -0.3 is 20.7 Å². The fraction of sp³-hybridized carbons (Fsp3) is 0.857. The average molecular weight is 285 g/mol. The monoisotopic (exact) mass is 285 g/mol. The van der Waals surface area contributed by atoms with Gasteiger partial charge in [-0.2, -0.15) is 0 Å². The van der Waals surface area contributed by atoms with Crippen LogP contribution in [0, 0.1) is 0 Å². The minimum atomic E-state index is -0.521. The molecule has 1 rings (SSSR count). The van der Waals surface area contributed by atoms with Crippen LogP contribution in [-0.4, -0.2) is 48.2 Å². The molecule has 1 saturated carbocycles. The van der Waals surface area contributed by atoms with Gasteiger partial charge in [-0.15, -0.1) is 0 Å². The van der Waals surface area contributed by atoms with Crippen molar-refractivity contribution >= 4 is 12.0 Å². The highest BCUT2D eigenvalue weighted by Gasteiger charge is 2.32. The van der Waals surface area contributed by atoms with E-state index in [-0.39, 0.29) is 24.5 Å². The quantitative estimate of drug-likeness (QED) is 0.817. The Hall–Kier alpha value is -1.30. The van der Waals surface area contributed by atoms with Crippen molar-refractivity contribution in [1.29, 1.82) is 0 Å². The number of rotatable bonds is 3. The van der Waals surface area contributed by atoms with E-state index in [4.69, 9.17) is 10.5 Å². The van der Waals surface area contributed by atoms with Crippen LogP contribution < -0.4 is 11.1 Å². The summed E-state index contributed by atoms with van der Waals surface area (Å²) < 4.78 is 5.28. The predicted octanol–water partition coefficient (Wildman–Crippen LogP) is 1.24. The van der Waals surface area contributed by atoms with Gasteiger partial charge in [0.05, 0.1) is 18.6 Å². The summed E-state index contributed by atoms with van der Waals surface area (Å²) in [7, 11) is 1.74. The number of nitrogens with zero attached hydrogens (tertiary/aromatic N) is 1. The van der Waals surface area contributed by atoms with Crippen molar-refractivity contribution in [2.24, 2.45) is 5.73 Å². The third-order valence-corrected chi connectivity index (χ3v) is 3.50. The van der Waals surface area contributed by atoms with Crippen molar-refractivity contribution in [2.75, 3.05) is 13.6 Å². The van der Waals surface area contributed by atoms with E-state index >= 15 is 0 Å². The smallest absolute Gasteiger partial charge is 0.407 e. The van der Waals surface area contributed by atoms with E-state index in [0.29, 0.717) is 0 Å². The highest BCUT2D eigenvalue weighted by molar-refractivity contribution is 5.78. The molecule has 1 fully saturated rings. The summed E-state index contributed by atoms with van der Waals surface area (Å²) in [5.41, 5.74) is 4.89. The van der Waals surface area contributed by atoms with E-state index < -0.39 is 11.7 Å². The van der Waals surface area contributed by atoms with E-state index in [9.17, 15) is 9.59 Å². The SMILES string of the molecule is CN(C(=O)CN)[C@H]1CCCC[C@@H]1NC(=O)OC(C)(C)C. The van der Waals surface area contributed by atoms with Crippen LogP contribution in [0.25, 0.3) is 0 Å². The lowest BCUT2D eigenvalue weighted by Crippen LogP contribution is -2.55. The third-order valence-electron chi connectivity index (χ3n) is 3.50. The largest absolute Gasteiger partial charge is 0.444 e. The zero-order valence-electron chi connectivity index (χ0n) is 12.9. The minimum Gasteiger partial charge on any atom is -0.444 e. The van der Waals surface area contributed by atoms with Crippen LogP contribution >= 0.6 is 0 Å². The molecule has 0 aliphatic heterocycles. The summed E-state index contributed by atoms with van der Waals surface area (Å²) in [6, 6.07) is -0.0774. The Morgan fingerprint density at radius 1 is 1.30 bits per heavy atom. The van der Waals surface area contributed by atoms with Gasteiger partial charge in [-0.25, -0.2) is 4.79 Å². The fourth-order valence-corrected chi connectivity index (χ4v) is 2.53. The molecule has 0 aromatic carbocycles. The van der Waals surface area contributed by atoms with Gasteiger partial charge in [0, 0.05) is 7.05 Å². The van der Waals surface area contributed by atoms with E-state index in [0.717, 1.165) is 25.7 Å². The summed E-state index contributed by atoms with van der Waals surface area (Å²) in [5, 5.41) is 2.89. The van der Waals surface area contributed by atoms with Crippen LogP contribution in [-0.2, 0) is 9.53 Å². The first kappa shape index (κ1) is 16.8. The molecular formula is C14H27N3O3. The van der Waals surface area contributed by atoms with Gasteiger partial charge in [0.2, 0.25) is 5.91 Å². The molecule has 0 spiro atoms. The van der Waals surface area contributed by atoms with Crippen molar-refractivity contribution in [2.45, 2.75) is 64.1 Å². The van der Waals surface area contributed by atoms with Crippen molar-refractivity contribution in [3.63, 3.8) is 0 Å². The summed E-state index contributed by atoms with van der Waals surface area (Å²) in [6.07, 6.45) is 3.40. The normalized spacial score (nSPS) is 23.1. The molecule has 0 aromatic rings. The first-order valence-corrected chi connectivity index (χ1v) is 7.20. The number of amides is 2. The van der Waals surface area contributed by atoms with Crippen molar-refractivity contribution in [3.8, 4) is 0 Å². The molecule has 2 atom stereocenters. The van der Waals surface area contributed by atoms with Gasteiger partial charge in [0.25, 0.3) is 0 Å². The lowest BCUT2D eigenvalue weighted by Gasteiger charge is -2.38. The molecule has 1 aliphatic carbocycles. The first-order chi connectivity index (χ1) is 9.24. The highest BCUT2D eigenvalue weighted by atomic mass is 16.6. The maximum absolute atomic E-state index is 11.9. The molecule has 20 heavy (non-hydrogen) atoms. The zero-order chi connectivity index (χ0) is 15.3. The molecular weight excluding hydrogens is 258 g/mol. The van der Waals surface area contributed by atoms with Crippen LogP contribution in [0.5, 0.6) is 0 Å². The Bertz CT molecular complexity index is 352. The molecule has 0 aromatic heterocycles. The molecule has 0 unspecified atom stereocenters. The number of carbonyl (C=O) groups is 2. The van der Waals surface area contributed by atoms with Crippen LogP contribution in [0.1, 0.15) is 46.5 Å². The van der Waals surface area contributed by atoms with Gasteiger partial charge in [0.15, 0.2) is 0 Å². The van der Waals surface area contributed by atoms with Crippen molar-refractivity contribution in [1.82, 2.24) is 10.2 Å². The molecule has 0 radical (unpaired) electrons. The summed E-state index contributed by atoms with van der Waals surface area (Å²) >= 11 is 0. The Kier molecular flexibility index (Phi) is 5.80. The second-order valence-electron chi connectivity index (χ2n) is 6.31. The van der Waals surface area contributed by atoms with Crippen LogP contribution in [0.2, 0.25) is 0 Å². The lowest BCUT2D eigenvalue weighted by atomic mass is 9.89. The topological polar surface area (TPSA) is 84.7 Å². The van der Waals surface area contributed by atoms with Gasteiger partial charge in [-0.1, -0.05) is 12.8 Å². The summed E-state index contributed by atoms with van der Waals surface area (Å²) in [6.45, 7) is 5.48. The molecule has 1 aliphatic rings. The Labute approximate surface area is 121 Å². The molecule has 3 N–H and O–H groups in total. The molecule has 6 heteroatoms. The van der Waals surface area contributed by atoms with E-state index in [2.05, 4.69) is 5.32 Å². The van der Waals surface area contributed by atoms with Gasteiger partial charge in [-0.05, 0) is 33.6 Å². The van der Waals surface area contributed by atoms with Gasteiger partial charge >= 0.3 is 6.09 Å². The number of likely N-dealkylation sites (N-methyl/N-ethyl adjacent to an activating group) is 1. The Morgan fingerprint density at radius 3 is 2.45 bits per heavy atom. The van der Waals surface area contributed by atoms with Crippen molar-refractivity contribution < 1.29 is 14.3 Å². The standard InChI is InChI=1S/C14H27N3O3/c1-14(2,3)20-13(19)16-10-7-5-6-8-11(10)17(4)12(18)9-15/h10-11H,5-9,15H2,1-4H3,(H,16,19)/t10-,11-/m0/s1. The number of hydrogen-bond acceptors (Lipinski definition) is 4. The maximum Gasteiger partial charge on any atom is 0.407 e. The second-order valence-corrected chi connectivity index (χ2v) is 6.31. The zero-order valence-corrected chi connectivity index (χ0v) is 12.9. The molecule has 0 saturated heterocycles. The number of hydrogen-bond donors (Lipinski definition) is 2. The summed E-state index contributed by atoms with van der Waals surface area (Å²) in [4.78, 5) is 25.3.